The summed E-state index contributed by atoms with van der Waals surface area (Å²) >= 11 is 6.17. The van der Waals surface area contributed by atoms with Crippen molar-refractivity contribution in [2.75, 3.05) is 18.0 Å². The predicted molar refractivity (Wildman–Crippen MR) is 73.6 cm³/mol. The molecular formula is C14H18ClNO2. The first-order valence-corrected chi connectivity index (χ1v) is 6.78. The SMILES string of the molecule is CCCC1CCN(c2c(Cl)cccc2C(=O)O)C1. The molecule has 1 atom stereocenters. The van der Waals surface area contributed by atoms with Crippen molar-refractivity contribution in [1.29, 1.82) is 0 Å². The summed E-state index contributed by atoms with van der Waals surface area (Å²) in [7, 11) is 0. The van der Waals surface area contributed by atoms with Crippen molar-refractivity contribution in [2.45, 2.75) is 26.2 Å². The van der Waals surface area contributed by atoms with Gasteiger partial charge < -0.3 is 10.0 Å². The Morgan fingerprint density at radius 1 is 1.56 bits per heavy atom. The number of halogens is 1. The molecule has 0 aliphatic carbocycles. The summed E-state index contributed by atoms with van der Waals surface area (Å²) in [5.41, 5.74) is 0.991. The maximum absolute atomic E-state index is 11.3. The molecule has 1 heterocycles. The van der Waals surface area contributed by atoms with E-state index in [-0.39, 0.29) is 0 Å². The third-order valence-corrected chi connectivity index (χ3v) is 3.82. The Labute approximate surface area is 112 Å². The van der Waals surface area contributed by atoms with E-state index in [1.165, 1.54) is 12.8 Å². The van der Waals surface area contributed by atoms with Crippen LogP contribution in [-0.4, -0.2) is 24.2 Å². The van der Waals surface area contributed by atoms with Crippen molar-refractivity contribution in [3.63, 3.8) is 0 Å². The van der Waals surface area contributed by atoms with E-state index < -0.39 is 5.97 Å². The topological polar surface area (TPSA) is 40.5 Å². The fourth-order valence-electron chi connectivity index (χ4n) is 2.69. The van der Waals surface area contributed by atoms with Gasteiger partial charge in [0.05, 0.1) is 16.3 Å². The van der Waals surface area contributed by atoms with Crippen LogP contribution in [0.4, 0.5) is 5.69 Å². The fraction of sp³-hybridized carbons (Fsp3) is 0.500. The van der Waals surface area contributed by atoms with Crippen LogP contribution in [0.1, 0.15) is 36.5 Å². The molecule has 1 aliphatic rings. The van der Waals surface area contributed by atoms with Gasteiger partial charge in [-0.15, -0.1) is 0 Å². The average Bonchev–Trinajstić information content (AvgIpc) is 2.77. The minimum Gasteiger partial charge on any atom is -0.478 e. The maximum Gasteiger partial charge on any atom is 0.337 e. The minimum atomic E-state index is -0.911. The molecule has 1 aromatic rings. The third-order valence-electron chi connectivity index (χ3n) is 3.52. The summed E-state index contributed by atoms with van der Waals surface area (Å²) < 4.78 is 0. The van der Waals surface area contributed by atoms with Gasteiger partial charge >= 0.3 is 5.97 Å². The maximum atomic E-state index is 11.3. The average molecular weight is 268 g/mol. The summed E-state index contributed by atoms with van der Waals surface area (Å²) in [5, 5.41) is 9.77. The standard InChI is InChI=1S/C14H18ClNO2/c1-2-4-10-7-8-16(9-10)13-11(14(17)18)5-3-6-12(13)15/h3,5-6,10H,2,4,7-9H2,1H3,(H,17,18). The van der Waals surface area contributed by atoms with Crippen molar-refractivity contribution >= 4 is 23.3 Å². The molecule has 1 fully saturated rings. The summed E-state index contributed by atoms with van der Waals surface area (Å²) in [4.78, 5) is 13.4. The number of aromatic carboxylic acids is 1. The summed E-state index contributed by atoms with van der Waals surface area (Å²) in [6, 6.07) is 5.07. The number of rotatable bonds is 4. The van der Waals surface area contributed by atoms with E-state index in [9.17, 15) is 9.90 Å². The molecule has 0 amide bonds. The number of carboxylic acids is 1. The van der Waals surface area contributed by atoms with Crippen LogP contribution in [0, 0.1) is 5.92 Å². The normalized spacial score (nSPS) is 19.2. The number of benzene rings is 1. The Kier molecular flexibility index (Phi) is 4.12. The molecule has 0 radical (unpaired) electrons. The highest BCUT2D eigenvalue weighted by Gasteiger charge is 2.26. The van der Waals surface area contributed by atoms with Crippen molar-refractivity contribution in [2.24, 2.45) is 5.92 Å². The zero-order chi connectivity index (χ0) is 13.1. The summed E-state index contributed by atoms with van der Waals surface area (Å²) in [5.74, 6) is -0.251. The molecule has 1 N–H and O–H groups in total. The first-order valence-electron chi connectivity index (χ1n) is 6.40. The van der Waals surface area contributed by atoms with E-state index in [1.54, 1.807) is 18.2 Å². The van der Waals surface area contributed by atoms with Gasteiger partial charge in [0.1, 0.15) is 0 Å². The first kappa shape index (κ1) is 13.2. The van der Waals surface area contributed by atoms with Gasteiger partial charge in [-0.2, -0.15) is 0 Å². The minimum absolute atomic E-state index is 0.305. The highest BCUT2D eigenvalue weighted by atomic mass is 35.5. The highest BCUT2D eigenvalue weighted by molar-refractivity contribution is 6.34. The van der Waals surface area contributed by atoms with Gasteiger partial charge in [0.2, 0.25) is 0 Å². The third kappa shape index (κ3) is 2.61. The van der Waals surface area contributed by atoms with Gasteiger partial charge in [-0.25, -0.2) is 4.79 Å². The molecule has 4 heteroatoms. The van der Waals surface area contributed by atoms with Gasteiger partial charge in [-0.3, -0.25) is 0 Å². The lowest BCUT2D eigenvalue weighted by atomic mass is 10.0. The van der Waals surface area contributed by atoms with Crippen LogP contribution in [0.25, 0.3) is 0 Å². The molecule has 18 heavy (non-hydrogen) atoms. The van der Waals surface area contributed by atoms with E-state index >= 15 is 0 Å². The fourth-order valence-corrected chi connectivity index (χ4v) is 2.98. The first-order chi connectivity index (χ1) is 8.63. The van der Waals surface area contributed by atoms with Crippen LogP contribution in [0.5, 0.6) is 0 Å². The molecular weight excluding hydrogens is 250 g/mol. The lowest BCUT2D eigenvalue weighted by molar-refractivity contribution is 0.0697. The molecule has 98 valence electrons. The lowest BCUT2D eigenvalue weighted by Crippen LogP contribution is -2.22. The second-order valence-corrected chi connectivity index (χ2v) is 5.24. The molecule has 0 saturated carbocycles. The molecule has 1 saturated heterocycles. The second kappa shape index (κ2) is 5.61. The van der Waals surface area contributed by atoms with Crippen molar-refractivity contribution in [1.82, 2.24) is 0 Å². The smallest absolute Gasteiger partial charge is 0.337 e. The van der Waals surface area contributed by atoms with Crippen molar-refractivity contribution < 1.29 is 9.90 Å². The van der Waals surface area contributed by atoms with Crippen LogP contribution in [0.15, 0.2) is 18.2 Å². The van der Waals surface area contributed by atoms with E-state index in [4.69, 9.17) is 11.6 Å². The highest BCUT2D eigenvalue weighted by Crippen LogP contribution is 2.34. The monoisotopic (exact) mass is 267 g/mol. The Bertz CT molecular complexity index is 447. The Morgan fingerprint density at radius 3 is 3.00 bits per heavy atom. The largest absolute Gasteiger partial charge is 0.478 e. The van der Waals surface area contributed by atoms with Gasteiger partial charge in [0.15, 0.2) is 0 Å². The van der Waals surface area contributed by atoms with Crippen LogP contribution in [0.2, 0.25) is 5.02 Å². The number of para-hydroxylation sites is 1. The number of nitrogens with zero attached hydrogens (tertiary/aromatic N) is 1. The molecule has 0 spiro atoms. The van der Waals surface area contributed by atoms with E-state index in [1.807, 2.05) is 0 Å². The quantitative estimate of drug-likeness (QED) is 0.905. The van der Waals surface area contributed by atoms with E-state index in [2.05, 4.69) is 11.8 Å². The number of carboxylic acid groups (broad SMARTS) is 1. The van der Waals surface area contributed by atoms with E-state index in [0.29, 0.717) is 22.2 Å². The molecule has 3 nitrogen and oxygen atoms in total. The van der Waals surface area contributed by atoms with Crippen molar-refractivity contribution in [3.8, 4) is 0 Å². The number of carbonyl (C=O) groups is 1. The molecule has 0 bridgehead atoms. The van der Waals surface area contributed by atoms with Gasteiger partial charge in [-0.1, -0.05) is 31.0 Å². The Morgan fingerprint density at radius 2 is 2.33 bits per heavy atom. The van der Waals surface area contributed by atoms with Crippen LogP contribution in [0.3, 0.4) is 0 Å². The molecule has 1 unspecified atom stereocenters. The van der Waals surface area contributed by atoms with E-state index in [0.717, 1.165) is 19.5 Å². The summed E-state index contributed by atoms with van der Waals surface area (Å²) in [6.45, 7) is 3.99. The lowest BCUT2D eigenvalue weighted by Gasteiger charge is -2.22. The molecule has 2 rings (SSSR count). The summed E-state index contributed by atoms with van der Waals surface area (Å²) in [6.07, 6.45) is 3.49. The van der Waals surface area contributed by atoms with Crippen molar-refractivity contribution in [3.05, 3.63) is 28.8 Å². The van der Waals surface area contributed by atoms with Gasteiger partial charge in [-0.05, 0) is 30.9 Å². The number of hydrogen-bond acceptors (Lipinski definition) is 2. The van der Waals surface area contributed by atoms with Crippen LogP contribution >= 0.6 is 11.6 Å². The molecule has 0 aromatic heterocycles. The molecule has 1 aromatic carbocycles. The second-order valence-electron chi connectivity index (χ2n) is 4.83. The van der Waals surface area contributed by atoms with Crippen LogP contribution < -0.4 is 4.90 Å². The zero-order valence-electron chi connectivity index (χ0n) is 10.5. The zero-order valence-corrected chi connectivity index (χ0v) is 11.3. The van der Waals surface area contributed by atoms with Gasteiger partial charge in [0.25, 0.3) is 0 Å². The Balaban J connectivity index is 2.26. The number of hydrogen-bond donors (Lipinski definition) is 1. The molecule has 1 aliphatic heterocycles. The van der Waals surface area contributed by atoms with Gasteiger partial charge in [0, 0.05) is 13.1 Å². The Hall–Kier alpha value is -1.22. The predicted octanol–water partition coefficient (Wildman–Crippen LogP) is 3.66. The number of anilines is 1. The van der Waals surface area contributed by atoms with Crippen LogP contribution in [-0.2, 0) is 0 Å².